The number of hydrogen-bond acceptors (Lipinski definition) is 7. The van der Waals surface area contributed by atoms with Crippen LogP contribution in [0.5, 0.6) is 0 Å². The molecule has 0 aliphatic carbocycles. The highest BCUT2D eigenvalue weighted by Crippen LogP contribution is 2.31. The van der Waals surface area contributed by atoms with E-state index in [1.807, 2.05) is 0 Å². The van der Waals surface area contributed by atoms with E-state index in [1.165, 1.54) is 41.6 Å². The first-order chi connectivity index (χ1) is 9.24. The second-order valence-electron chi connectivity index (χ2n) is 3.52. The van der Waals surface area contributed by atoms with E-state index >= 15 is 0 Å². The number of nitrogens with zero attached hydrogens (tertiary/aromatic N) is 4. The van der Waals surface area contributed by atoms with E-state index in [0.717, 1.165) is 14.8 Å². The number of hydrogen-bond donors (Lipinski definition) is 1. The van der Waals surface area contributed by atoms with Crippen LogP contribution in [-0.4, -0.2) is 31.2 Å². The van der Waals surface area contributed by atoms with Crippen molar-refractivity contribution in [3.05, 3.63) is 35.6 Å². The normalized spacial score (nSPS) is 10.7. The molecule has 0 atom stereocenters. The Morgan fingerprint density at radius 2 is 2.21 bits per heavy atom. The number of carboxylic acid groups (broad SMARTS) is 1. The smallest absolute Gasteiger partial charge is 0.335 e. The van der Waals surface area contributed by atoms with Crippen molar-refractivity contribution in [3.63, 3.8) is 0 Å². The molecule has 6 nitrogen and oxygen atoms in total. The number of benzene rings is 1. The van der Waals surface area contributed by atoms with Crippen molar-refractivity contribution in [2.75, 3.05) is 0 Å². The van der Waals surface area contributed by atoms with Gasteiger partial charge < -0.3 is 5.11 Å². The summed E-state index contributed by atoms with van der Waals surface area (Å²) in [5, 5.41) is 18.2. The average molecular weight is 290 g/mol. The number of rotatable bonds is 3. The molecule has 0 radical (unpaired) electrons. The van der Waals surface area contributed by atoms with Crippen LogP contribution in [0, 0.1) is 0 Å². The highest BCUT2D eigenvalue weighted by Gasteiger charge is 2.10. The summed E-state index contributed by atoms with van der Waals surface area (Å²) >= 11 is 2.80. The van der Waals surface area contributed by atoms with Crippen LogP contribution < -0.4 is 0 Å². The van der Waals surface area contributed by atoms with Gasteiger partial charge in [-0.25, -0.2) is 14.8 Å². The fraction of sp³-hybridized carbons (Fsp3) is 0. The first kappa shape index (κ1) is 12.0. The Morgan fingerprint density at radius 3 is 2.95 bits per heavy atom. The maximum Gasteiger partial charge on any atom is 0.335 e. The highest BCUT2D eigenvalue weighted by molar-refractivity contribution is 8.01. The van der Waals surface area contributed by atoms with Gasteiger partial charge in [0.1, 0.15) is 16.9 Å². The SMILES string of the molecule is O=C(O)c1ccc2c(Sc3nncs3)ncnc2c1. The van der Waals surface area contributed by atoms with Gasteiger partial charge in [-0.1, -0.05) is 11.3 Å². The van der Waals surface area contributed by atoms with Crippen LogP contribution in [0.4, 0.5) is 0 Å². The van der Waals surface area contributed by atoms with Gasteiger partial charge in [0.25, 0.3) is 0 Å². The number of aromatic carboxylic acids is 1. The van der Waals surface area contributed by atoms with Gasteiger partial charge >= 0.3 is 5.97 Å². The van der Waals surface area contributed by atoms with E-state index < -0.39 is 5.97 Å². The van der Waals surface area contributed by atoms with Gasteiger partial charge in [0, 0.05) is 5.39 Å². The molecule has 19 heavy (non-hydrogen) atoms. The Morgan fingerprint density at radius 1 is 1.32 bits per heavy atom. The summed E-state index contributed by atoms with van der Waals surface area (Å²) in [6.45, 7) is 0. The van der Waals surface area contributed by atoms with Crippen molar-refractivity contribution in [2.45, 2.75) is 9.37 Å². The van der Waals surface area contributed by atoms with Gasteiger partial charge in [-0.2, -0.15) is 0 Å². The van der Waals surface area contributed by atoms with Gasteiger partial charge in [-0.05, 0) is 30.0 Å². The van der Waals surface area contributed by atoms with E-state index in [0.29, 0.717) is 5.52 Å². The molecule has 0 saturated heterocycles. The van der Waals surface area contributed by atoms with Gasteiger partial charge in [-0.15, -0.1) is 10.2 Å². The van der Waals surface area contributed by atoms with E-state index in [-0.39, 0.29) is 5.56 Å². The zero-order valence-corrected chi connectivity index (χ0v) is 11.0. The van der Waals surface area contributed by atoms with E-state index in [4.69, 9.17) is 5.11 Å². The maximum atomic E-state index is 10.9. The summed E-state index contributed by atoms with van der Waals surface area (Å²) in [6.07, 6.45) is 1.41. The lowest BCUT2D eigenvalue weighted by Gasteiger charge is -2.03. The molecule has 3 rings (SSSR count). The Balaban J connectivity index is 2.08. The lowest BCUT2D eigenvalue weighted by atomic mass is 10.1. The third-order valence-corrected chi connectivity index (χ3v) is 4.17. The van der Waals surface area contributed by atoms with Crippen LogP contribution in [0.15, 0.2) is 39.4 Å². The fourth-order valence-electron chi connectivity index (χ4n) is 1.54. The fourth-order valence-corrected chi connectivity index (χ4v) is 3.01. The molecule has 8 heteroatoms. The molecule has 0 fully saturated rings. The van der Waals surface area contributed by atoms with Crippen LogP contribution in [0.2, 0.25) is 0 Å². The van der Waals surface area contributed by atoms with Crippen LogP contribution in [0.1, 0.15) is 10.4 Å². The van der Waals surface area contributed by atoms with E-state index in [2.05, 4.69) is 20.2 Å². The molecule has 94 valence electrons. The Kier molecular flexibility index (Phi) is 3.10. The third-order valence-electron chi connectivity index (χ3n) is 2.37. The van der Waals surface area contributed by atoms with E-state index in [1.54, 1.807) is 11.6 Å². The van der Waals surface area contributed by atoms with Crippen molar-refractivity contribution in [1.82, 2.24) is 20.2 Å². The minimum absolute atomic E-state index is 0.207. The predicted molar refractivity (Wildman–Crippen MR) is 70.5 cm³/mol. The summed E-state index contributed by atoms with van der Waals surface area (Å²) < 4.78 is 0.780. The van der Waals surface area contributed by atoms with Crippen molar-refractivity contribution >= 4 is 40.0 Å². The lowest BCUT2D eigenvalue weighted by molar-refractivity contribution is 0.0697. The van der Waals surface area contributed by atoms with Gasteiger partial charge in [-0.3, -0.25) is 0 Å². The molecule has 0 amide bonds. The van der Waals surface area contributed by atoms with Crippen LogP contribution in [-0.2, 0) is 0 Å². The molecular weight excluding hydrogens is 284 g/mol. The van der Waals surface area contributed by atoms with Crippen LogP contribution in [0.3, 0.4) is 0 Å². The molecule has 0 saturated carbocycles. The average Bonchev–Trinajstić information content (AvgIpc) is 2.91. The first-order valence-electron chi connectivity index (χ1n) is 5.16. The minimum Gasteiger partial charge on any atom is -0.478 e. The van der Waals surface area contributed by atoms with Crippen LogP contribution >= 0.6 is 23.1 Å². The summed E-state index contributed by atoms with van der Waals surface area (Å²) in [5.74, 6) is -0.973. The number of fused-ring (bicyclic) bond motifs is 1. The molecule has 0 aliphatic heterocycles. The van der Waals surface area contributed by atoms with Gasteiger partial charge in [0.05, 0.1) is 11.1 Å². The van der Waals surface area contributed by atoms with Gasteiger partial charge in [0.15, 0.2) is 4.34 Å². The molecule has 0 aliphatic rings. The second kappa shape index (κ2) is 4.90. The summed E-state index contributed by atoms with van der Waals surface area (Å²) in [5.41, 5.74) is 2.45. The van der Waals surface area contributed by atoms with Crippen LogP contribution in [0.25, 0.3) is 10.9 Å². The first-order valence-corrected chi connectivity index (χ1v) is 6.86. The number of carboxylic acids is 1. The predicted octanol–water partition coefficient (Wildman–Crippen LogP) is 2.33. The summed E-state index contributed by atoms with van der Waals surface area (Å²) in [4.78, 5) is 19.2. The molecule has 0 bridgehead atoms. The zero-order valence-electron chi connectivity index (χ0n) is 9.35. The standard InChI is InChI=1S/C11H6N4O2S2/c16-10(17)6-1-2-7-8(3-6)12-4-13-9(7)19-11-15-14-5-18-11/h1-5H,(H,16,17). The minimum atomic E-state index is -0.973. The number of carbonyl (C=O) groups is 1. The molecule has 2 aromatic heterocycles. The third kappa shape index (κ3) is 2.40. The molecule has 1 aromatic carbocycles. The quantitative estimate of drug-likeness (QED) is 0.740. The largest absolute Gasteiger partial charge is 0.478 e. The Bertz CT molecular complexity index is 746. The number of aromatic nitrogens is 4. The van der Waals surface area contributed by atoms with Crippen molar-refractivity contribution < 1.29 is 9.90 Å². The molecular formula is C11H6N4O2S2. The maximum absolute atomic E-state index is 10.9. The monoisotopic (exact) mass is 290 g/mol. The second-order valence-corrected chi connectivity index (χ2v) is 5.59. The molecule has 3 aromatic rings. The Hall–Kier alpha value is -2.06. The zero-order chi connectivity index (χ0) is 13.2. The highest BCUT2D eigenvalue weighted by atomic mass is 32.2. The summed E-state index contributed by atoms with van der Waals surface area (Å²) in [7, 11) is 0. The molecule has 0 spiro atoms. The lowest BCUT2D eigenvalue weighted by Crippen LogP contribution is -1.96. The Labute approximate surface area is 115 Å². The molecule has 0 unspecified atom stereocenters. The molecule has 2 heterocycles. The van der Waals surface area contributed by atoms with Gasteiger partial charge in [0.2, 0.25) is 0 Å². The molecule has 1 N–H and O–H groups in total. The topological polar surface area (TPSA) is 88.9 Å². The van der Waals surface area contributed by atoms with Crippen molar-refractivity contribution in [2.24, 2.45) is 0 Å². The summed E-state index contributed by atoms with van der Waals surface area (Å²) in [6, 6.07) is 4.78. The van der Waals surface area contributed by atoms with E-state index in [9.17, 15) is 4.79 Å². The van der Waals surface area contributed by atoms with Crippen molar-refractivity contribution in [1.29, 1.82) is 0 Å². The van der Waals surface area contributed by atoms with Crippen molar-refractivity contribution in [3.8, 4) is 0 Å².